The lowest BCUT2D eigenvalue weighted by atomic mass is 9.97. The molecule has 1 aromatic heterocycles. The fourth-order valence-electron chi connectivity index (χ4n) is 4.25. The molecule has 5 aromatic rings. The van der Waals surface area contributed by atoms with Crippen molar-refractivity contribution in [2.45, 2.75) is 11.4 Å². The van der Waals surface area contributed by atoms with Crippen LogP contribution in [0.3, 0.4) is 0 Å². The normalized spacial score (nSPS) is 11.9. The molecule has 0 bridgehead atoms. The highest BCUT2D eigenvalue weighted by atomic mass is 32.2. The van der Waals surface area contributed by atoms with Gasteiger partial charge in [-0.25, -0.2) is 9.37 Å². The molecule has 5 nitrogen and oxygen atoms in total. The van der Waals surface area contributed by atoms with E-state index in [-0.39, 0.29) is 17.5 Å². The van der Waals surface area contributed by atoms with Crippen molar-refractivity contribution in [3.05, 3.63) is 108 Å². The fraction of sp³-hybridized carbons (Fsp3) is 0.0690. The van der Waals surface area contributed by atoms with Gasteiger partial charge in [0, 0.05) is 23.2 Å². The van der Waals surface area contributed by atoms with Gasteiger partial charge in [0.25, 0.3) is 0 Å². The number of carbonyl (C=O) groups is 1. The minimum Gasteiger partial charge on any atom is -0.438 e. The van der Waals surface area contributed by atoms with E-state index in [4.69, 9.17) is 14.7 Å². The van der Waals surface area contributed by atoms with Crippen molar-refractivity contribution in [2.75, 3.05) is 11.1 Å². The molecule has 0 aliphatic carbocycles. The summed E-state index contributed by atoms with van der Waals surface area (Å²) in [5.74, 6) is 1.41. The first-order valence-electron chi connectivity index (χ1n) is 11.5. The monoisotopic (exact) mass is 493 g/mol. The maximum absolute atomic E-state index is 13.2. The Morgan fingerprint density at radius 2 is 1.67 bits per heavy atom. The van der Waals surface area contributed by atoms with Gasteiger partial charge in [0.05, 0.1) is 11.3 Å². The van der Waals surface area contributed by atoms with Crippen LogP contribution in [0.15, 0.2) is 96.0 Å². The first-order valence-corrected chi connectivity index (χ1v) is 12.5. The lowest BCUT2D eigenvalue weighted by Gasteiger charge is -2.23. The number of nitrogens with one attached hydrogen (secondary N) is 1. The Bertz CT molecular complexity index is 1590. The average Bonchev–Trinajstić information content (AvgIpc) is 2.92. The van der Waals surface area contributed by atoms with Crippen molar-refractivity contribution < 1.29 is 13.9 Å². The second-order valence-electron chi connectivity index (χ2n) is 8.39. The van der Waals surface area contributed by atoms with Gasteiger partial charge in [-0.1, -0.05) is 72.4 Å². The minimum absolute atomic E-state index is 0.136. The molecule has 0 radical (unpaired) electrons. The summed E-state index contributed by atoms with van der Waals surface area (Å²) in [5.41, 5.74) is 3.35. The number of halogens is 1. The molecule has 1 aliphatic heterocycles. The Balaban J connectivity index is 1.34. The number of rotatable bonds is 5. The summed E-state index contributed by atoms with van der Waals surface area (Å²) in [6, 6.07) is 27.6. The summed E-state index contributed by atoms with van der Waals surface area (Å²) in [4.78, 5) is 22.3. The van der Waals surface area contributed by atoms with Crippen molar-refractivity contribution in [1.29, 1.82) is 0 Å². The maximum atomic E-state index is 13.2. The highest BCUT2D eigenvalue weighted by Crippen LogP contribution is 2.43. The van der Waals surface area contributed by atoms with Gasteiger partial charge in [-0.15, -0.1) is 0 Å². The highest BCUT2D eigenvalue weighted by Gasteiger charge is 2.26. The summed E-state index contributed by atoms with van der Waals surface area (Å²) >= 11 is 1.34. The number of hydrogen-bond donors (Lipinski definition) is 1. The van der Waals surface area contributed by atoms with E-state index in [0.29, 0.717) is 28.8 Å². The first kappa shape index (κ1) is 22.2. The van der Waals surface area contributed by atoms with Crippen LogP contribution in [0.1, 0.15) is 11.1 Å². The summed E-state index contributed by atoms with van der Waals surface area (Å²) < 4.78 is 19.5. The number of ether oxygens (including phenoxy) is 1. The van der Waals surface area contributed by atoms with Crippen molar-refractivity contribution in [3.63, 3.8) is 0 Å². The predicted octanol–water partition coefficient (Wildman–Crippen LogP) is 6.86. The molecule has 1 amide bonds. The summed E-state index contributed by atoms with van der Waals surface area (Å²) in [5, 5.41) is 5.77. The Labute approximate surface area is 211 Å². The van der Waals surface area contributed by atoms with Crippen LogP contribution in [0.25, 0.3) is 22.2 Å². The van der Waals surface area contributed by atoms with Crippen LogP contribution in [-0.4, -0.2) is 21.6 Å². The van der Waals surface area contributed by atoms with Gasteiger partial charge in [0.15, 0.2) is 5.82 Å². The number of hydrogen-bond acceptors (Lipinski definition) is 5. The zero-order valence-electron chi connectivity index (χ0n) is 19.1. The van der Waals surface area contributed by atoms with E-state index in [2.05, 4.69) is 17.4 Å². The van der Waals surface area contributed by atoms with E-state index in [1.54, 1.807) is 0 Å². The lowest BCUT2D eigenvalue weighted by molar-refractivity contribution is -0.113. The van der Waals surface area contributed by atoms with Crippen molar-refractivity contribution >= 4 is 34.1 Å². The molecule has 0 saturated heterocycles. The molecule has 0 saturated carbocycles. The number of amides is 1. The summed E-state index contributed by atoms with van der Waals surface area (Å²) in [6.45, 7) is 0. The predicted molar refractivity (Wildman–Crippen MR) is 140 cm³/mol. The first-order chi connectivity index (χ1) is 17.6. The van der Waals surface area contributed by atoms with Gasteiger partial charge in [0.2, 0.25) is 11.8 Å². The van der Waals surface area contributed by atoms with Crippen molar-refractivity contribution in [3.8, 4) is 23.0 Å². The van der Waals surface area contributed by atoms with Crippen molar-refractivity contribution in [1.82, 2.24) is 9.97 Å². The van der Waals surface area contributed by atoms with Crippen LogP contribution < -0.4 is 10.1 Å². The number of benzene rings is 4. The lowest BCUT2D eigenvalue weighted by Crippen LogP contribution is -2.15. The van der Waals surface area contributed by atoms with E-state index in [0.717, 1.165) is 33.2 Å². The highest BCUT2D eigenvalue weighted by molar-refractivity contribution is 8.00. The number of fused-ring (bicyclic) bond motifs is 4. The maximum Gasteiger partial charge on any atom is 0.234 e. The summed E-state index contributed by atoms with van der Waals surface area (Å²) in [7, 11) is 0. The smallest absolute Gasteiger partial charge is 0.234 e. The Morgan fingerprint density at radius 1 is 0.889 bits per heavy atom. The van der Waals surface area contributed by atoms with Crippen molar-refractivity contribution in [2.24, 2.45) is 0 Å². The summed E-state index contributed by atoms with van der Waals surface area (Å²) in [6.07, 6.45) is 0.600. The van der Waals surface area contributed by atoms with E-state index < -0.39 is 0 Å². The zero-order chi connectivity index (χ0) is 24.5. The van der Waals surface area contributed by atoms with E-state index in [1.807, 2.05) is 54.6 Å². The Kier molecular flexibility index (Phi) is 5.83. The Morgan fingerprint density at radius 3 is 2.50 bits per heavy atom. The standard InChI is InChI=1S/C29H20FN3O2S/c30-20-11-13-21(14-12-20)31-26(34)17-36-29-24-16-23-22-9-5-4-6-18(22)10-15-25(23)35-28(24)32-27(33-29)19-7-2-1-3-8-19/h1-15H,16-17H2,(H,31,34). The number of anilines is 1. The van der Waals surface area contributed by atoms with Crippen LogP contribution in [0.2, 0.25) is 0 Å². The molecule has 0 atom stereocenters. The minimum atomic E-state index is -0.351. The molecule has 1 N–H and O–H groups in total. The molecule has 36 heavy (non-hydrogen) atoms. The molecule has 7 heteroatoms. The topological polar surface area (TPSA) is 64.1 Å². The van der Waals surface area contributed by atoms with Crippen LogP contribution >= 0.6 is 11.8 Å². The third kappa shape index (κ3) is 4.41. The third-order valence-corrected chi connectivity index (χ3v) is 7.01. The molecule has 0 fully saturated rings. The average molecular weight is 494 g/mol. The SMILES string of the molecule is O=C(CSc1nc(-c2ccccc2)nc2c1Cc1c(ccc3ccccc13)O2)Nc1ccc(F)cc1. The molecule has 6 rings (SSSR count). The third-order valence-electron chi connectivity index (χ3n) is 5.99. The molecular weight excluding hydrogens is 473 g/mol. The number of nitrogens with zero attached hydrogens (tertiary/aromatic N) is 2. The van der Waals surface area contributed by atoms with E-state index in [1.165, 1.54) is 36.0 Å². The van der Waals surface area contributed by atoms with Gasteiger partial charge < -0.3 is 10.1 Å². The molecule has 2 heterocycles. The van der Waals surface area contributed by atoms with E-state index in [9.17, 15) is 9.18 Å². The molecular formula is C29H20FN3O2S. The van der Waals surface area contributed by atoms with Gasteiger partial charge in [-0.05, 0) is 41.1 Å². The molecule has 4 aromatic carbocycles. The van der Waals surface area contributed by atoms with E-state index >= 15 is 0 Å². The van der Waals surface area contributed by atoms with Gasteiger partial charge >= 0.3 is 0 Å². The molecule has 0 spiro atoms. The number of carbonyl (C=O) groups excluding carboxylic acids is 1. The van der Waals surface area contributed by atoms with Crippen LogP contribution in [0.4, 0.5) is 10.1 Å². The Hall–Kier alpha value is -4.23. The largest absolute Gasteiger partial charge is 0.438 e. The van der Waals surface area contributed by atoms with Crippen LogP contribution in [0, 0.1) is 5.82 Å². The number of aromatic nitrogens is 2. The zero-order valence-corrected chi connectivity index (χ0v) is 19.9. The molecule has 1 aliphatic rings. The molecule has 176 valence electrons. The van der Waals surface area contributed by atoms with Gasteiger partial charge in [0.1, 0.15) is 16.6 Å². The number of thioether (sulfide) groups is 1. The second-order valence-corrected chi connectivity index (χ2v) is 9.35. The molecule has 0 unspecified atom stereocenters. The quantitative estimate of drug-likeness (QED) is 0.210. The fourth-order valence-corrected chi connectivity index (χ4v) is 5.08. The van der Waals surface area contributed by atoms with Crippen LogP contribution in [0.5, 0.6) is 11.6 Å². The van der Waals surface area contributed by atoms with Gasteiger partial charge in [-0.2, -0.15) is 4.98 Å². The van der Waals surface area contributed by atoms with Gasteiger partial charge in [-0.3, -0.25) is 4.79 Å². The van der Waals surface area contributed by atoms with Crippen LogP contribution in [-0.2, 0) is 11.2 Å². The second kappa shape index (κ2) is 9.43.